The first kappa shape index (κ1) is 17.8. The summed E-state index contributed by atoms with van der Waals surface area (Å²) in [4.78, 5) is 17.8. The Balaban J connectivity index is 1.88. The zero-order valence-electron chi connectivity index (χ0n) is 15.6. The van der Waals surface area contributed by atoms with Gasteiger partial charge in [0.15, 0.2) is 11.3 Å². The molecule has 0 fully saturated rings. The van der Waals surface area contributed by atoms with E-state index in [1.165, 1.54) is 17.3 Å². The van der Waals surface area contributed by atoms with Gasteiger partial charge in [0.05, 0.1) is 5.36 Å². The number of hydrogen-bond acceptors (Lipinski definition) is 5. The van der Waals surface area contributed by atoms with Crippen molar-refractivity contribution in [2.45, 2.75) is 32.9 Å². The van der Waals surface area contributed by atoms with Crippen molar-refractivity contribution < 1.29 is 4.79 Å². The number of nitrogens with zero attached hydrogens (tertiary/aromatic N) is 3. The van der Waals surface area contributed by atoms with Crippen molar-refractivity contribution in [2.24, 2.45) is 10.1 Å². The Morgan fingerprint density at radius 3 is 2.59 bits per heavy atom. The van der Waals surface area contributed by atoms with Gasteiger partial charge in [-0.05, 0) is 28.9 Å². The monoisotopic (exact) mass is 378 g/mol. The van der Waals surface area contributed by atoms with E-state index in [9.17, 15) is 4.79 Å². The number of carbonyl (C=O) groups is 1. The first-order valence-electron chi connectivity index (χ1n) is 9.17. The molecule has 4 rings (SSSR count). The van der Waals surface area contributed by atoms with Crippen molar-refractivity contribution in [1.82, 2.24) is 10.3 Å². The van der Waals surface area contributed by atoms with E-state index in [4.69, 9.17) is 10.1 Å². The SMILES string of the molecule is CCSC1=NN2C(=c3ccccc3=NC2c2ccc(C(C)C)cc2)C(=O)N1. The summed E-state index contributed by atoms with van der Waals surface area (Å²) in [6, 6.07) is 16.2. The van der Waals surface area contributed by atoms with Gasteiger partial charge in [-0.3, -0.25) is 15.1 Å². The Morgan fingerprint density at radius 1 is 1.15 bits per heavy atom. The lowest BCUT2D eigenvalue weighted by Gasteiger charge is -2.34. The van der Waals surface area contributed by atoms with Crippen LogP contribution in [0.25, 0.3) is 5.70 Å². The Hall–Kier alpha value is -2.60. The fraction of sp³-hybridized carbons (Fsp3) is 0.286. The normalized spacial score (nSPS) is 18.4. The number of nitrogens with one attached hydrogen (secondary N) is 1. The van der Waals surface area contributed by atoms with E-state index in [0.717, 1.165) is 21.9 Å². The highest BCUT2D eigenvalue weighted by Crippen LogP contribution is 2.31. The van der Waals surface area contributed by atoms with Gasteiger partial charge >= 0.3 is 0 Å². The fourth-order valence-electron chi connectivity index (χ4n) is 3.30. The third kappa shape index (κ3) is 3.25. The highest BCUT2D eigenvalue weighted by Gasteiger charge is 2.34. The van der Waals surface area contributed by atoms with Crippen LogP contribution in [0.4, 0.5) is 0 Å². The summed E-state index contributed by atoms with van der Waals surface area (Å²) in [5.74, 6) is 1.17. The van der Waals surface area contributed by atoms with Crippen LogP contribution in [0.2, 0.25) is 0 Å². The Labute approximate surface area is 162 Å². The molecule has 0 aliphatic carbocycles. The average Bonchev–Trinajstić information content (AvgIpc) is 2.67. The van der Waals surface area contributed by atoms with Gasteiger partial charge in [-0.1, -0.05) is 75.0 Å². The van der Waals surface area contributed by atoms with Crippen LogP contribution < -0.4 is 15.9 Å². The number of amidine groups is 1. The Kier molecular flexibility index (Phi) is 4.74. The molecule has 1 atom stereocenters. The molecule has 1 unspecified atom stereocenters. The van der Waals surface area contributed by atoms with Crippen LogP contribution in [0.1, 0.15) is 44.0 Å². The molecule has 0 saturated heterocycles. The van der Waals surface area contributed by atoms with Gasteiger partial charge in [0.1, 0.15) is 5.70 Å². The van der Waals surface area contributed by atoms with Crippen LogP contribution in [-0.2, 0) is 4.79 Å². The van der Waals surface area contributed by atoms with E-state index < -0.39 is 0 Å². The minimum Gasteiger partial charge on any atom is -0.298 e. The second-order valence-electron chi connectivity index (χ2n) is 6.83. The summed E-state index contributed by atoms with van der Waals surface area (Å²) >= 11 is 1.52. The van der Waals surface area contributed by atoms with Crippen molar-refractivity contribution in [3.8, 4) is 0 Å². The average molecular weight is 379 g/mol. The van der Waals surface area contributed by atoms with Crippen LogP contribution in [0.5, 0.6) is 0 Å². The van der Waals surface area contributed by atoms with Crippen molar-refractivity contribution in [2.75, 3.05) is 5.75 Å². The second kappa shape index (κ2) is 7.19. The summed E-state index contributed by atoms with van der Waals surface area (Å²) in [6.45, 7) is 6.39. The molecule has 0 aromatic heterocycles. The van der Waals surface area contributed by atoms with E-state index in [1.54, 1.807) is 5.01 Å². The molecule has 0 saturated carbocycles. The number of fused-ring (bicyclic) bond motifs is 2. The van der Waals surface area contributed by atoms with Crippen LogP contribution in [-0.4, -0.2) is 21.8 Å². The highest BCUT2D eigenvalue weighted by atomic mass is 32.2. The molecule has 5 nitrogen and oxygen atoms in total. The molecule has 0 bridgehead atoms. The first-order valence-corrected chi connectivity index (χ1v) is 10.2. The van der Waals surface area contributed by atoms with Gasteiger partial charge in [-0.25, -0.2) is 5.01 Å². The molecule has 6 heteroatoms. The predicted molar refractivity (Wildman–Crippen MR) is 109 cm³/mol. The predicted octanol–water partition coefficient (Wildman–Crippen LogP) is 2.71. The zero-order chi connectivity index (χ0) is 19.0. The number of rotatable bonds is 3. The maximum Gasteiger partial charge on any atom is 0.276 e. The molecule has 27 heavy (non-hydrogen) atoms. The molecule has 1 amide bonds. The standard InChI is InChI=1S/C21H22N4OS/c1-4-27-21-23-20(26)18-16-7-5-6-8-17(16)22-19(25(18)24-21)15-11-9-14(10-12-15)13(2)3/h5-13,19H,4H2,1-3H3,(H,23,24,26). The second-order valence-corrected chi connectivity index (χ2v) is 8.08. The number of thioether (sulfide) groups is 1. The van der Waals surface area contributed by atoms with Crippen molar-refractivity contribution in [3.05, 3.63) is 70.2 Å². The van der Waals surface area contributed by atoms with Gasteiger partial charge in [-0.15, -0.1) is 5.10 Å². The van der Waals surface area contributed by atoms with Crippen molar-refractivity contribution in [1.29, 1.82) is 0 Å². The van der Waals surface area contributed by atoms with Crippen LogP contribution in [0.15, 0.2) is 58.6 Å². The molecule has 138 valence electrons. The smallest absolute Gasteiger partial charge is 0.276 e. The van der Waals surface area contributed by atoms with E-state index in [1.807, 2.05) is 31.2 Å². The zero-order valence-corrected chi connectivity index (χ0v) is 16.5. The molecule has 1 N–H and O–H groups in total. The van der Waals surface area contributed by atoms with Gasteiger partial charge < -0.3 is 0 Å². The summed E-state index contributed by atoms with van der Waals surface area (Å²) in [6.07, 6.45) is -0.352. The lowest BCUT2D eigenvalue weighted by molar-refractivity contribution is -0.116. The summed E-state index contributed by atoms with van der Waals surface area (Å²) < 4.78 is 0. The topological polar surface area (TPSA) is 57.1 Å². The third-order valence-corrected chi connectivity index (χ3v) is 5.44. The quantitative estimate of drug-likeness (QED) is 0.893. The van der Waals surface area contributed by atoms with E-state index >= 15 is 0 Å². The molecule has 2 aliphatic heterocycles. The minimum atomic E-state index is -0.352. The summed E-state index contributed by atoms with van der Waals surface area (Å²) in [7, 11) is 0. The van der Waals surface area contributed by atoms with E-state index in [-0.39, 0.29) is 12.1 Å². The van der Waals surface area contributed by atoms with Gasteiger partial charge in [0.25, 0.3) is 5.91 Å². The van der Waals surface area contributed by atoms with Crippen LogP contribution in [0.3, 0.4) is 0 Å². The summed E-state index contributed by atoms with van der Waals surface area (Å²) in [5.41, 5.74) is 2.85. The maximum atomic E-state index is 12.9. The lowest BCUT2D eigenvalue weighted by Crippen LogP contribution is -2.50. The molecular weight excluding hydrogens is 356 g/mol. The van der Waals surface area contributed by atoms with Crippen LogP contribution in [0, 0.1) is 0 Å². The van der Waals surface area contributed by atoms with Crippen LogP contribution >= 0.6 is 11.8 Å². The number of hydrogen-bond donors (Lipinski definition) is 1. The van der Waals surface area contributed by atoms with Crippen molar-refractivity contribution >= 4 is 28.5 Å². The maximum absolute atomic E-state index is 12.9. The lowest BCUT2D eigenvalue weighted by atomic mass is 10.0. The largest absolute Gasteiger partial charge is 0.298 e. The first-order chi connectivity index (χ1) is 13.1. The van der Waals surface area contributed by atoms with Crippen molar-refractivity contribution in [3.63, 3.8) is 0 Å². The number of hydrazone groups is 1. The molecule has 0 radical (unpaired) electrons. The summed E-state index contributed by atoms with van der Waals surface area (Å²) in [5, 5.41) is 11.6. The fourth-order valence-corrected chi connectivity index (χ4v) is 3.88. The number of carbonyl (C=O) groups excluding carboxylic acids is 1. The molecule has 0 spiro atoms. The molecule has 2 aliphatic rings. The third-order valence-electron chi connectivity index (χ3n) is 4.70. The highest BCUT2D eigenvalue weighted by molar-refractivity contribution is 8.13. The van der Waals surface area contributed by atoms with Gasteiger partial charge in [0, 0.05) is 5.22 Å². The molecule has 2 aromatic rings. The van der Waals surface area contributed by atoms with Gasteiger partial charge in [-0.2, -0.15) is 0 Å². The van der Waals surface area contributed by atoms with Gasteiger partial charge in [0.2, 0.25) is 0 Å². The van der Waals surface area contributed by atoms with E-state index in [0.29, 0.717) is 16.8 Å². The molecular formula is C21H22N4OS. The Bertz CT molecular complexity index is 1030. The minimum absolute atomic E-state index is 0.132. The Morgan fingerprint density at radius 2 is 1.89 bits per heavy atom. The number of benzene rings is 2. The molecule has 2 aromatic carbocycles. The number of para-hydroxylation sites is 1. The number of amides is 1. The molecule has 2 heterocycles. The van der Waals surface area contributed by atoms with E-state index in [2.05, 4.69) is 43.4 Å².